The molecule has 0 heterocycles. The first-order valence-corrected chi connectivity index (χ1v) is 8.75. The molecule has 0 aromatic heterocycles. The first kappa shape index (κ1) is 20.3. The number of hydrogen-bond acceptors (Lipinski definition) is 6. The topological polar surface area (TPSA) is 107 Å². The summed E-state index contributed by atoms with van der Waals surface area (Å²) in [5.41, 5.74) is -3.03. The van der Waals surface area contributed by atoms with Gasteiger partial charge in [0.05, 0.1) is 12.5 Å². The molecule has 0 unspecified atom stereocenters. The lowest BCUT2D eigenvalue weighted by Crippen LogP contribution is -2.61. The van der Waals surface area contributed by atoms with Gasteiger partial charge in [0, 0.05) is 9.95 Å². The largest absolute Gasteiger partial charge is 0.465 e. The van der Waals surface area contributed by atoms with E-state index in [1.807, 2.05) is 0 Å². The zero-order valence-electron chi connectivity index (χ0n) is 14.9. The molecule has 1 aromatic rings. The Bertz CT molecular complexity index is 717. The third-order valence-electron chi connectivity index (χ3n) is 5.23. The number of Topliss-reactive ketones (excluding diaryl/α,β-unsaturated/α-hetero) is 1. The van der Waals surface area contributed by atoms with Gasteiger partial charge in [-0.3, -0.25) is 19.7 Å². The molecule has 1 N–H and O–H groups in total. The van der Waals surface area contributed by atoms with Crippen LogP contribution >= 0.6 is 11.6 Å². The lowest BCUT2D eigenvalue weighted by Gasteiger charge is -2.46. The summed E-state index contributed by atoms with van der Waals surface area (Å²) in [4.78, 5) is 36.7. The standard InChI is InChI=1S/C18H22ClNO6/c1-4-26-16(22)18(11(2)21)10-9-17(3,23)15(20(24)25)14(18)12-5-7-13(19)8-6-12/h5-8,14-15,23H,4,9-10H2,1-3H3/t14-,15-,17+,18-/m0/s1. The summed E-state index contributed by atoms with van der Waals surface area (Å²) in [5.74, 6) is -2.48. The second-order valence-corrected chi connectivity index (χ2v) is 7.30. The molecule has 1 fully saturated rings. The first-order chi connectivity index (χ1) is 12.1. The van der Waals surface area contributed by atoms with Crippen molar-refractivity contribution in [1.82, 2.24) is 0 Å². The molecule has 7 nitrogen and oxygen atoms in total. The third-order valence-corrected chi connectivity index (χ3v) is 5.49. The summed E-state index contributed by atoms with van der Waals surface area (Å²) in [6.45, 7) is 4.24. The molecule has 8 heteroatoms. The van der Waals surface area contributed by atoms with E-state index in [9.17, 15) is 24.8 Å². The number of esters is 1. The van der Waals surface area contributed by atoms with Crippen molar-refractivity contribution in [3.63, 3.8) is 0 Å². The van der Waals surface area contributed by atoms with E-state index in [-0.39, 0.29) is 19.4 Å². The van der Waals surface area contributed by atoms with Gasteiger partial charge >= 0.3 is 5.97 Å². The van der Waals surface area contributed by atoms with Crippen LogP contribution in [0.2, 0.25) is 5.02 Å². The predicted molar refractivity (Wildman–Crippen MR) is 94.6 cm³/mol. The lowest BCUT2D eigenvalue weighted by atomic mass is 9.56. The number of halogens is 1. The molecule has 0 spiro atoms. The van der Waals surface area contributed by atoms with E-state index < -0.39 is 39.7 Å². The van der Waals surface area contributed by atoms with Gasteiger partial charge in [0.15, 0.2) is 0 Å². The zero-order chi connectivity index (χ0) is 19.7. The van der Waals surface area contributed by atoms with Gasteiger partial charge in [0.1, 0.15) is 16.8 Å². The molecule has 1 aliphatic carbocycles. The molecule has 0 bridgehead atoms. The van der Waals surface area contributed by atoms with Gasteiger partial charge in [-0.25, -0.2) is 0 Å². The third kappa shape index (κ3) is 3.33. The molecule has 0 amide bonds. The Balaban J connectivity index is 2.75. The summed E-state index contributed by atoms with van der Waals surface area (Å²) in [6, 6.07) is 4.61. The molecular weight excluding hydrogens is 362 g/mol. The fourth-order valence-electron chi connectivity index (χ4n) is 3.90. The summed E-state index contributed by atoms with van der Waals surface area (Å²) in [5, 5.41) is 23.0. The fourth-order valence-corrected chi connectivity index (χ4v) is 4.02. The molecule has 142 valence electrons. The van der Waals surface area contributed by atoms with Crippen LogP contribution in [-0.4, -0.2) is 40.0 Å². The lowest BCUT2D eigenvalue weighted by molar-refractivity contribution is -0.555. The van der Waals surface area contributed by atoms with Crippen LogP contribution in [-0.2, 0) is 14.3 Å². The average molecular weight is 384 g/mol. The van der Waals surface area contributed by atoms with Gasteiger partial charge < -0.3 is 9.84 Å². The van der Waals surface area contributed by atoms with E-state index in [0.717, 1.165) is 0 Å². The number of nitro groups is 1. The second kappa shape index (κ2) is 7.32. The SMILES string of the molecule is CCOC(=O)[C@]1(C(C)=O)CC[C@@](C)(O)[C@@H]([N+](=O)[O-])[C@@H]1c1ccc(Cl)cc1. The Morgan fingerprint density at radius 2 is 1.92 bits per heavy atom. The number of hydrogen-bond donors (Lipinski definition) is 1. The molecular formula is C18H22ClNO6. The van der Waals surface area contributed by atoms with Gasteiger partial charge in [0.25, 0.3) is 0 Å². The summed E-state index contributed by atoms with van der Waals surface area (Å²) < 4.78 is 5.13. The first-order valence-electron chi connectivity index (χ1n) is 8.37. The van der Waals surface area contributed by atoms with E-state index >= 15 is 0 Å². The summed E-state index contributed by atoms with van der Waals surface area (Å²) in [7, 11) is 0. The Labute approximate surface area is 156 Å². The van der Waals surface area contributed by atoms with Crippen molar-refractivity contribution in [3.05, 3.63) is 45.0 Å². The molecule has 26 heavy (non-hydrogen) atoms. The minimum atomic E-state index is -1.73. The van der Waals surface area contributed by atoms with Crippen molar-refractivity contribution >= 4 is 23.4 Å². The molecule has 2 rings (SSSR count). The maximum Gasteiger partial charge on any atom is 0.320 e. The van der Waals surface area contributed by atoms with Crippen molar-refractivity contribution in [2.24, 2.45) is 5.41 Å². The highest BCUT2D eigenvalue weighted by Gasteiger charge is 2.66. The van der Waals surface area contributed by atoms with Gasteiger partial charge in [-0.1, -0.05) is 23.7 Å². The van der Waals surface area contributed by atoms with Crippen molar-refractivity contribution in [3.8, 4) is 0 Å². The van der Waals surface area contributed by atoms with Crippen LogP contribution < -0.4 is 0 Å². The van der Waals surface area contributed by atoms with Crippen molar-refractivity contribution in [1.29, 1.82) is 0 Å². The molecule has 4 atom stereocenters. The number of carbonyl (C=O) groups is 2. The minimum absolute atomic E-state index is 0.0359. The Hall–Kier alpha value is -1.99. The number of carbonyl (C=O) groups excluding carboxylic acids is 2. The number of ether oxygens (including phenoxy) is 1. The van der Waals surface area contributed by atoms with Gasteiger partial charge in [0.2, 0.25) is 6.04 Å². The van der Waals surface area contributed by atoms with Crippen molar-refractivity contribution in [2.75, 3.05) is 6.61 Å². The molecule has 1 aromatic carbocycles. The average Bonchev–Trinajstić information content (AvgIpc) is 2.54. The summed E-state index contributed by atoms with van der Waals surface area (Å²) in [6.07, 6.45) is -0.104. The molecule has 0 aliphatic heterocycles. The van der Waals surface area contributed by atoms with E-state index in [1.54, 1.807) is 19.1 Å². The molecule has 0 saturated heterocycles. The second-order valence-electron chi connectivity index (χ2n) is 6.86. The molecule has 1 saturated carbocycles. The van der Waals surface area contributed by atoms with E-state index in [4.69, 9.17) is 16.3 Å². The minimum Gasteiger partial charge on any atom is -0.465 e. The van der Waals surface area contributed by atoms with Crippen molar-refractivity contribution < 1.29 is 24.4 Å². The van der Waals surface area contributed by atoms with Gasteiger partial charge in [-0.05, 0) is 51.3 Å². The number of benzene rings is 1. The predicted octanol–water partition coefficient (Wildman–Crippen LogP) is 2.75. The molecule has 1 aliphatic rings. The Kier molecular flexibility index (Phi) is 5.73. The quantitative estimate of drug-likeness (QED) is 0.362. The maximum atomic E-state index is 12.8. The van der Waals surface area contributed by atoms with E-state index in [2.05, 4.69) is 0 Å². The zero-order valence-corrected chi connectivity index (χ0v) is 15.7. The van der Waals surface area contributed by atoms with Crippen molar-refractivity contribution in [2.45, 2.75) is 51.2 Å². The number of aliphatic hydroxyl groups is 1. The van der Waals surface area contributed by atoms with Crippen LogP contribution in [0.15, 0.2) is 24.3 Å². The fraction of sp³-hybridized carbons (Fsp3) is 0.556. The highest BCUT2D eigenvalue weighted by Crippen LogP contribution is 2.53. The van der Waals surface area contributed by atoms with Crippen LogP contribution in [0.1, 0.15) is 45.1 Å². The van der Waals surface area contributed by atoms with Crippen LogP contribution in [0.5, 0.6) is 0 Å². The van der Waals surface area contributed by atoms with Gasteiger partial charge in [-0.2, -0.15) is 0 Å². The van der Waals surface area contributed by atoms with E-state index in [1.165, 1.54) is 26.0 Å². The number of nitrogens with zero attached hydrogens (tertiary/aromatic N) is 1. The van der Waals surface area contributed by atoms with Crippen LogP contribution in [0.25, 0.3) is 0 Å². The Morgan fingerprint density at radius 1 is 1.35 bits per heavy atom. The highest BCUT2D eigenvalue weighted by molar-refractivity contribution is 6.30. The maximum absolute atomic E-state index is 12.8. The monoisotopic (exact) mass is 383 g/mol. The number of ketones is 1. The van der Waals surface area contributed by atoms with Gasteiger partial charge in [-0.15, -0.1) is 0 Å². The van der Waals surface area contributed by atoms with Crippen LogP contribution in [0.3, 0.4) is 0 Å². The molecule has 0 radical (unpaired) electrons. The normalized spacial score (nSPS) is 31.3. The van der Waals surface area contributed by atoms with E-state index in [0.29, 0.717) is 10.6 Å². The summed E-state index contributed by atoms with van der Waals surface area (Å²) >= 11 is 5.91. The smallest absolute Gasteiger partial charge is 0.320 e. The Morgan fingerprint density at radius 3 is 2.38 bits per heavy atom. The van der Waals surface area contributed by atoms with Crippen LogP contribution in [0, 0.1) is 15.5 Å². The highest BCUT2D eigenvalue weighted by atomic mass is 35.5. The number of rotatable bonds is 5. The van der Waals surface area contributed by atoms with Crippen LogP contribution in [0.4, 0.5) is 0 Å².